The molecule has 0 bridgehead atoms. The van der Waals surface area contributed by atoms with Gasteiger partial charge in [-0.3, -0.25) is 4.79 Å². The van der Waals surface area contributed by atoms with Crippen molar-refractivity contribution >= 4 is 5.91 Å². The number of carbonyl (C=O) groups is 1. The molecule has 1 N–H and O–H groups in total. The number of hydrogen-bond donors (Lipinski definition) is 1. The lowest BCUT2D eigenvalue weighted by Crippen LogP contribution is -2.37. The first-order valence-corrected chi connectivity index (χ1v) is 4.95. The number of halogens is 3. The van der Waals surface area contributed by atoms with E-state index in [9.17, 15) is 18.0 Å². The molecule has 0 aliphatic carbocycles. The van der Waals surface area contributed by atoms with Gasteiger partial charge in [0.2, 0.25) is 5.91 Å². The molecule has 1 amide bonds. The molecule has 0 rings (SSSR count). The van der Waals surface area contributed by atoms with E-state index in [2.05, 4.69) is 5.32 Å². The van der Waals surface area contributed by atoms with Crippen LogP contribution in [0.5, 0.6) is 0 Å². The smallest absolute Gasteiger partial charge is 0.351 e. The number of carbonyl (C=O) groups excluding carboxylic acids is 1. The van der Waals surface area contributed by atoms with Gasteiger partial charge in [-0.15, -0.1) is 0 Å². The van der Waals surface area contributed by atoms with Crippen molar-refractivity contribution < 1.29 is 27.4 Å². The first kappa shape index (κ1) is 15.2. The van der Waals surface area contributed by atoms with Gasteiger partial charge in [0.05, 0.1) is 6.54 Å². The van der Waals surface area contributed by atoms with Crippen LogP contribution in [-0.4, -0.2) is 38.1 Å². The summed E-state index contributed by atoms with van der Waals surface area (Å²) in [6, 6.07) is 0. The first-order valence-electron chi connectivity index (χ1n) is 4.95. The van der Waals surface area contributed by atoms with Crippen molar-refractivity contribution in [1.82, 2.24) is 5.32 Å². The molecular weight excluding hydrogens is 227 g/mol. The van der Waals surface area contributed by atoms with Crippen molar-refractivity contribution in [2.75, 3.05) is 19.8 Å². The standard InChI is InChI=1S/C9H16F3NO3/c1-3-15-8(16-4-2)6-13-7(14)5-9(10,11)12/h8H,3-6H2,1-2H3,(H,13,14). The van der Waals surface area contributed by atoms with Gasteiger partial charge in [-0.2, -0.15) is 13.2 Å². The topological polar surface area (TPSA) is 47.6 Å². The number of amides is 1. The lowest BCUT2D eigenvalue weighted by molar-refractivity contribution is -0.159. The molecule has 0 radical (unpaired) electrons. The van der Waals surface area contributed by atoms with Crippen LogP contribution in [0.15, 0.2) is 0 Å². The third-order valence-corrected chi connectivity index (χ3v) is 1.53. The number of hydrogen-bond acceptors (Lipinski definition) is 3. The Hall–Kier alpha value is -0.820. The molecule has 0 heterocycles. The van der Waals surface area contributed by atoms with Crippen molar-refractivity contribution in [3.05, 3.63) is 0 Å². The van der Waals surface area contributed by atoms with Crippen LogP contribution < -0.4 is 5.32 Å². The highest BCUT2D eigenvalue weighted by Gasteiger charge is 2.31. The van der Waals surface area contributed by atoms with Crippen molar-refractivity contribution in [2.45, 2.75) is 32.7 Å². The molecule has 0 unspecified atom stereocenters. The summed E-state index contributed by atoms with van der Waals surface area (Å²) in [7, 11) is 0. The maximum Gasteiger partial charge on any atom is 0.397 e. The van der Waals surface area contributed by atoms with Gasteiger partial charge < -0.3 is 14.8 Å². The molecule has 0 aromatic carbocycles. The van der Waals surface area contributed by atoms with Gasteiger partial charge >= 0.3 is 6.18 Å². The zero-order valence-corrected chi connectivity index (χ0v) is 9.26. The first-order chi connectivity index (χ1) is 7.39. The van der Waals surface area contributed by atoms with Crippen LogP contribution in [0.25, 0.3) is 0 Å². The Balaban J connectivity index is 3.86. The van der Waals surface area contributed by atoms with Crippen LogP contribution in [0.2, 0.25) is 0 Å². The van der Waals surface area contributed by atoms with Crippen LogP contribution in [-0.2, 0) is 14.3 Å². The van der Waals surface area contributed by atoms with Gasteiger partial charge in [-0.1, -0.05) is 0 Å². The molecule has 0 aliphatic heterocycles. The Morgan fingerprint density at radius 2 is 1.75 bits per heavy atom. The van der Waals surface area contributed by atoms with E-state index in [1.165, 1.54) is 0 Å². The summed E-state index contributed by atoms with van der Waals surface area (Å²) in [5.41, 5.74) is 0. The minimum absolute atomic E-state index is 0.0867. The van der Waals surface area contributed by atoms with E-state index in [0.29, 0.717) is 13.2 Å². The lowest BCUT2D eigenvalue weighted by Gasteiger charge is -2.17. The highest BCUT2D eigenvalue weighted by Crippen LogP contribution is 2.18. The van der Waals surface area contributed by atoms with Crippen LogP contribution in [0.3, 0.4) is 0 Å². The summed E-state index contributed by atoms with van der Waals surface area (Å²) < 4.78 is 45.5. The third kappa shape index (κ3) is 8.49. The second-order valence-electron chi connectivity index (χ2n) is 2.94. The number of nitrogens with one attached hydrogen (secondary N) is 1. The van der Waals surface area contributed by atoms with E-state index < -0.39 is 24.8 Å². The molecule has 0 atom stereocenters. The molecule has 0 fully saturated rings. The third-order valence-electron chi connectivity index (χ3n) is 1.53. The second-order valence-corrected chi connectivity index (χ2v) is 2.94. The molecule has 0 aromatic rings. The molecule has 96 valence electrons. The molecule has 0 spiro atoms. The van der Waals surface area contributed by atoms with Crippen LogP contribution in [0.1, 0.15) is 20.3 Å². The van der Waals surface area contributed by atoms with Crippen LogP contribution in [0.4, 0.5) is 13.2 Å². The van der Waals surface area contributed by atoms with Gasteiger partial charge in [-0.25, -0.2) is 0 Å². The summed E-state index contributed by atoms with van der Waals surface area (Å²) in [5, 5.41) is 2.10. The van der Waals surface area contributed by atoms with E-state index in [-0.39, 0.29) is 6.54 Å². The highest BCUT2D eigenvalue weighted by molar-refractivity contribution is 5.76. The molecule has 4 nitrogen and oxygen atoms in total. The average Bonchev–Trinajstić information content (AvgIpc) is 2.12. The fourth-order valence-electron chi connectivity index (χ4n) is 0.979. The SMILES string of the molecule is CCOC(CNC(=O)CC(F)(F)F)OCC. The van der Waals surface area contributed by atoms with E-state index in [0.717, 1.165) is 0 Å². The van der Waals surface area contributed by atoms with Gasteiger partial charge in [0.15, 0.2) is 6.29 Å². The van der Waals surface area contributed by atoms with Crippen molar-refractivity contribution in [3.8, 4) is 0 Å². The zero-order valence-electron chi connectivity index (χ0n) is 9.26. The number of rotatable bonds is 7. The Bertz CT molecular complexity index is 203. The summed E-state index contributed by atoms with van der Waals surface area (Å²) in [5.74, 6) is -1.09. The summed E-state index contributed by atoms with van der Waals surface area (Å²) in [4.78, 5) is 10.8. The maximum absolute atomic E-state index is 11.8. The van der Waals surface area contributed by atoms with Crippen LogP contribution >= 0.6 is 0 Å². The minimum atomic E-state index is -4.49. The number of ether oxygens (including phenoxy) is 2. The normalized spacial score (nSPS) is 11.9. The average molecular weight is 243 g/mol. The minimum Gasteiger partial charge on any atom is -0.351 e. The lowest BCUT2D eigenvalue weighted by atomic mass is 10.4. The Labute approximate surface area is 92.1 Å². The predicted molar refractivity (Wildman–Crippen MR) is 50.7 cm³/mol. The monoisotopic (exact) mass is 243 g/mol. The molecule has 0 saturated carbocycles. The van der Waals surface area contributed by atoms with Gasteiger partial charge in [0, 0.05) is 13.2 Å². The fraction of sp³-hybridized carbons (Fsp3) is 0.889. The van der Waals surface area contributed by atoms with Crippen LogP contribution in [0, 0.1) is 0 Å². The molecule has 16 heavy (non-hydrogen) atoms. The largest absolute Gasteiger partial charge is 0.397 e. The van der Waals surface area contributed by atoms with Gasteiger partial charge in [0.25, 0.3) is 0 Å². The molecule has 0 aliphatic rings. The van der Waals surface area contributed by atoms with E-state index in [1.54, 1.807) is 13.8 Å². The van der Waals surface area contributed by atoms with Gasteiger partial charge in [-0.05, 0) is 13.8 Å². The second kappa shape index (κ2) is 7.45. The summed E-state index contributed by atoms with van der Waals surface area (Å²) in [6.45, 7) is 4.09. The maximum atomic E-state index is 11.8. The molecule has 7 heteroatoms. The zero-order chi connectivity index (χ0) is 12.6. The quantitative estimate of drug-likeness (QED) is 0.688. The fourth-order valence-corrected chi connectivity index (χ4v) is 0.979. The summed E-state index contributed by atoms with van der Waals surface area (Å²) >= 11 is 0. The van der Waals surface area contributed by atoms with E-state index in [4.69, 9.17) is 9.47 Å². The van der Waals surface area contributed by atoms with Gasteiger partial charge in [0.1, 0.15) is 6.42 Å². The Morgan fingerprint density at radius 3 is 2.12 bits per heavy atom. The molecular formula is C9H16F3NO3. The summed E-state index contributed by atoms with van der Waals surface area (Å²) in [6.07, 6.45) is -6.68. The highest BCUT2D eigenvalue weighted by atomic mass is 19.4. The van der Waals surface area contributed by atoms with Crippen molar-refractivity contribution in [1.29, 1.82) is 0 Å². The number of alkyl halides is 3. The van der Waals surface area contributed by atoms with E-state index in [1.807, 2.05) is 0 Å². The van der Waals surface area contributed by atoms with Crippen molar-refractivity contribution in [2.24, 2.45) is 0 Å². The van der Waals surface area contributed by atoms with Crippen molar-refractivity contribution in [3.63, 3.8) is 0 Å². The molecule has 0 aromatic heterocycles. The molecule has 0 saturated heterocycles. The van der Waals surface area contributed by atoms with E-state index >= 15 is 0 Å². The predicted octanol–water partition coefficient (Wildman–Crippen LogP) is 1.45. The Kier molecular flexibility index (Phi) is 7.07. The Morgan fingerprint density at radius 1 is 1.25 bits per heavy atom.